The summed E-state index contributed by atoms with van der Waals surface area (Å²) < 4.78 is 11.2. The molecule has 1 aromatic carbocycles. The Bertz CT molecular complexity index is 476. The molecule has 0 amide bonds. The zero-order chi connectivity index (χ0) is 13.7. The van der Waals surface area contributed by atoms with E-state index in [1.54, 1.807) is 6.26 Å². The van der Waals surface area contributed by atoms with Crippen LogP contribution in [0.1, 0.15) is 36.3 Å². The van der Waals surface area contributed by atoms with Crippen LogP contribution >= 0.6 is 0 Å². The van der Waals surface area contributed by atoms with Crippen LogP contribution in [0.3, 0.4) is 0 Å². The first-order chi connectivity index (χ1) is 9.20. The van der Waals surface area contributed by atoms with Gasteiger partial charge < -0.3 is 14.9 Å². The zero-order valence-electron chi connectivity index (χ0n) is 11.5. The highest BCUT2D eigenvalue weighted by Gasteiger charge is 2.19. The second-order valence-corrected chi connectivity index (χ2v) is 4.79. The highest BCUT2D eigenvalue weighted by Crippen LogP contribution is 2.24. The molecule has 0 spiro atoms. The summed E-state index contributed by atoms with van der Waals surface area (Å²) in [4.78, 5) is 0. The lowest BCUT2D eigenvalue weighted by atomic mass is 10.00. The predicted molar refractivity (Wildman–Crippen MR) is 75.7 cm³/mol. The minimum Gasteiger partial charge on any atom is -0.467 e. The van der Waals surface area contributed by atoms with Crippen molar-refractivity contribution < 1.29 is 9.15 Å². The van der Waals surface area contributed by atoms with Crippen LogP contribution in [-0.2, 0) is 11.3 Å². The van der Waals surface area contributed by atoms with Crippen LogP contribution in [0.2, 0.25) is 0 Å². The van der Waals surface area contributed by atoms with Gasteiger partial charge in [-0.15, -0.1) is 0 Å². The summed E-state index contributed by atoms with van der Waals surface area (Å²) >= 11 is 0. The summed E-state index contributed by atoms with van der Waals surface area (Å²) in [5.74, 6) is 0.820. The normalized spacial score (nSPS) is 14.3. The Morgan fingerprint density at radius 2 is 1.95 bits per heavy atom. The summed E-state index contributed by atoms with van der Waals surface area (Å²) in [5.41, 5.74) is 8.52. The topological polar surface area (TPSA) is 48.4 Å². The van der Waals surface area contributed by atoms with Crippen LogP contribution in [0.4, 0.5) is 0 Å². The van der Waals surface area contributed by atoms with Gasteiger partial charge in [-0.25, -0.2) is 0 Å². The Morgan fingerprint density at radius 1 is 1.21 bits per heavy atom. The van der Waals surface area contributed by atoms with E-state index in [9.17, 15) is 0 Å². The highest BCUT2D eigenvalue weighted by atomic mass is 16.5. The van der Waals surface area contributed by atoms with E-state index in [1.807, 2.05) is 12.1 Å². The third-order valence-electron chi connectivity index (χ3n) is 3.25. The average Bonchev–Trinajstić information content (AvgIpc) is 2.93. The van der Waals surface area contributed by atoms with Crippen molar-refractivity contribution in [3.05, 3.63) is 59.5 Å². The zero-order valence-corrected chi connectivity index (χ0v) is 11.5. The maximum Gasteiger partial charge on any atom is 0.129 e. The molecule has 2 rings (SSSR count). The van der Waals surface area contributed by atoms with Gasteiger partial charge in [-0.2, -0.15) is 0 Å². The van der Waals surface area contributed by atoms with E-state index in [-0.39, 0.29) is 12.1 Å². The molecule has 2 aromatic rings. The summed E-state index contributed by atoms with van der Waals surface area (Å²) in [7, 11) is 0. The Balaban J connectivity index is 2.09. The number of nitrogens with two attached hydrogens (primary N) is 1. The van der Waals surface area contributed by atoms with Crippen molar-refractivity contribution in [2.45, 2.75) is 39.0 Å². The van der Waals surface area contributed by atoms with Crippen molar-refractivity contribution in [1.29, 1.82) is 0 Å². The average molecular weight is 259 g/mol. The van der Waals surface area contributed by atoms with E-state index in [0.29, 0.717) is 6.61 Å². The lowest BCUT2D eigenvalue weighted by molar-refractivity contribution is 0.0126. The van der Waals surface area contributed by atoms with Crippen LogP contribution in [0.5, 0.6) is 0 Å². The lowest BCUT2D eigenvalue weighted by Gasteiger charge is -2.23. The van der Waals surface area contributed by atoms with Gasteiger partial charge in [-0.1, -0.05) is 36.8 Å². The molecule has 1 aromatic heterocycles. The third-order valence-corrected chi connectivity index (χ3v) is 3.25. The smallest absolute Gasteiger partial charge is 0.129 e. The molecule has 3 heteroatoms. The van der Waals surface area contributed by atoms with Crippen LogP contribution in [0.25, 0.3) is 0 Å². The monoisotopic (exact) mass is 259 g/mol. The fourth-order valence-electron chi connectivity index (χ4n) is 2.00. The van der Waals surface area contributed by atoms with Gasteiger partial charge in [0.05, 0.1) is 12.4 Å². The van der Waals surface area contributed by atoms with Gasteiger partial charge in [0.2, 0.25) is 0 Å². The molecule has 3 nitrogen and oxygen atoms in total. The Morgan fingerprint density at radius 3 is 2.53 bits per heavy atom. The minimum atomic E-state index is -0.101. The first kappa shape index (κ1) is 13.8. The quantitative estimate of drug-likeness (QED) is 0.862. The molecule has 2 unspecified atom stereocenters. The summed E-state index contributed by atoms with van der Waals surface area (Å²) in [5, 5.41) is 0. The summed E-state index contributed by atoms with van der Waals surface area (Å²) in [6.07, 6.45) is 2.42. The number of hydrogen-bond acceptors (Lipinski definition) is 3. The molecule has 0 saturated carbocycles. The number of aryl methyl sites for hydroxylation is 1. The van der Waals surface area contributed by atoms with Crippen LogP contribution in [0.15, 0.2) is 47.1 Å². The SMILES string of the molecule is CCC(N)C(OCc1ccco1)c1ccc(C)cc1. The molecular weight excluding hydrogens is 238 g/mol. The second kappa shape index (κ2) is 6.55. The first-order valence-corrected chi connectivity index (χ1v) is 6.67. The summed E-state index contributed by atoms with van der Waals surface area (Å²) in [6, 6.07) is 12.1. The van der Waals surface area contributed by atoms with Gasteiger partial charge in [0, 0.05) is 6.04 Å². The van der Waals surface area contributed by atoms with E-state index in [1.165, 1.54) is 5.56 Å². The van der Waals surface area contributed by atoms with Gasteiger partial charge in [-0.05, 0) is 31.0 Å². The van der Waals surface area contributed by atoms with Crippen LogP contribution in [-0.4, -0.2) is 6.04 Å². The lowest BCUT2D eigenvalue weighted by Crippen LogP contribution is -2.29. The molecule has 0 fully saturated rings. The number of furan rings is 1. The molecule has 0 saturated heterocycles. The van der Waals surface area contributed by atoms with Gasteiger partial charge in [0.25, 0.3) is 0 Å². The molecule has 0 aliphatic carbocycles. The largest absolute Gasteiger partial charge is 0.467 e. The van der Waals surface area contributed by atoms with Gasteiger partial charge in [-0.3, -0.25) is 0 Å². The number of benzene rings is 1. The Kier molecular flexibility index (Phi) is 4.77. The fourth-order valence-corrected chi connectivity index (χ4v) is 2.00. The molecular formula is C16H21NO2. The highest BCUT2D eigenvalue weighted by molar-refractivity contribution is 5.24. The molecule has 102 valence electrons. The molecule has 0 aliphatic rings. The predicted octanol–water partition coefficient (Wildman–Crippen LogP) is 3.58. The number of rotatable bonds is 6. The van der Waals surface area contributed by atoms with Crippen molar-refractivity contribution >= 4 is 0 Å². The number of ether oxygens (including phenoxy) is 1. The minimum absolute atomic E-state index is 0.0160. The molecule has 1 heterocycles. The van der Waals surface area contributed by atoms with Crippen molar-refractivity contribution in [3.8, 4) is 0 Å². The standard InChI is InChI=1S/C16H21NO2/c1-3-15(17)16(13-8-6-12(2)7-9-13)19-11-14-5-4-10-18-14/h4-10,15-16H,3,11,17H2,1-2H3. The van der Waals surface area contributed by atoms with Gasteiger partial charge in [0.15, 0.2) is 0 Å². The van der Waals surface area contributed by atoms with Gasteiger partial charge in [0.1, 0.15) is 12.4 Å². The van der Waals surface area contributed by atoms with Crippen LogP contribution in [0, 0.1) is 6.92 Å². The molecule has 0 bridgehead atoms. The van der Waals surface area contributed by atoms with Crippen molar-refractivity contribution in [1.82, 2.24) is 0 Å². The van der Waals surface area contributed by atoms with Crippen LogP contribution < -0.4 is 5.73 Å². The van der Waals surface area contributed by atoms with Crippen molar-refractivity contribution in [2.24, 2.45) is 5.73 Å². The second-order valence-electron chi connectivity index (χ2n) is 4.79. The molecule has 2 atom stereocenters. The van der Waals surface area contributed by atoms with E-state index in [0.717, 1.165) is 17.7 Å². The van der Waals surface area contributed by atoms with Gasteiger partial charge >= 0.3 is 0 Å². The van der Waals surface area contributed by atoms with E-state index < -0.39 is 0 Å². The van der Waals surface area contributed by atoms with Crippen molar-refractivity contribution in [3.63, 3.8) is 0 Å². The van der Waals surface area contributed by atoms with E-state index >= 15 is 0 Å². The Labute approximate surface area is 114 Å². The van der Waals surface area contributed by atoms with E-state index in [2.05, 4.69) is 38.1 Å². The summed E-state index contributed by atoms with van der Waals surface area (Å²) in [6.45, 7) is 4.59. The maximum atomic E-state index is 6.17. The van der Waals surface area contributed by atoms with E-state index in [4.69, 9.17) is 14.9 Å². The molecule has 0 aliphatic heterocycles. The first-order valence-electron chi connectivity index (χ1n) is 6.67. The molecule has 0 radical (unpaired) electrons. The van der Waals surface area contributed by atoms with Crippen molar-refractivity contribution in [2.75, 3.05) is 0 Å². The number of hydrogen-bond donors (Lipinski definition) is 1. The molecule has 19 heavy (non-hydrogen) atoms. The Hall–Kier alpha value is -1.58. The maximum absolute atomic E-state index is 6.17. The third kappa shape index (κ3) is 3.69. The fraction of sp³-hybridized carbons (Fsp3) is 0.375. The molecule has 2 N–H and O–H groups in total.